The second-order valence-corrected chi connectivity index (χ2v) is 5.67. The van der Waals surface area contributed by atoms with Crippen LogP contribution >= 0.6 is 0 Å². The molecule has 0 aromatic carbocycles. The number of hydrogen-bond acceptors (Lipinski definition) is 5. The van der Waals surface area contributed by atoms with Gasteiger partial charge in [0, 0.05) is 37.9 Å². The lowest BCUT2D eigenvalue weighted by Gasteiger charge is -2.21. The largest absolute Gasteiger partial charge is 0.459 e. The van der Waals surface area contributed by atoms with Gasteiger partial charge in [-0.2, -0.15) is 0 Å². The van der Waals surface area contributed by atoms with Gasteiger partial charge < -0.3 is 19.2 Å². The molecule has 3 rings (SSSR count). The normalized spacial score (nSPS) is 15.2. The van der Waals surface area contributed by atoms with E-state index in [1.54, 1.807) is 15.9 Å². The van der Waals surface area contributed by atoms with Crippen molar-refractivity contribution in [2.24, 2.45) is 0 Å². The van der Waals surface area contributed by atoms with Crippen molar-refractivity contribution >= 4 is 11.8 Å². The van der Waals surface area contributed by atoms with E-state index in [1.165, 1.54) is 12.5 Å². The fourth-order valence-electron chi connectivity index (χ4n) is 2.68. The lowest BCUT2D eigenvalue weighted by molar-refractivity contribution is 0.0697. The number of aryl methyl sites for hydroxylation is 1. The summed E-state index contributed by atoms with van der Waals surface area (Å²) in [6, 6.07) is 1.75. The standard InChI is InChI=1S/C16H18N4O4/c1-11-3-8-24-14(11)16(23)20-5-2-4-19(6-7-20)15(22)12-9-18-13(21)10-17-12/h3,8-10H,2,4-7H2,1H3,(H,18,21). The molecule has 1 aliphatic rings. The van der Waals surface area contributed by atoms with Crippen LogP contribution in [0.4, 0.5) is 0 Å². The molecule has 1 N–H and O–H groups in total. The molecule has 126 valence electrons. The number of rotatable bonds is 2. The molecule has 0 aliphatic carbocycles. The Morgan fingerprint density at radius 1 is 1.17 bits per heavy atom. The number of nitrogens with zero attached hydrogens (tertiary/aromatic N) is 3. The summed E-state index contributed by atoms with van der Waals surface area (Å²) in [5.41, 5.74) is 0.638. The van der Waals surface area contributed by atoms with Gasteiger partial charge in [0.2, 0.25) is 0 Å². The maximum absolute atomic E-state index is 12.5. The fraction of sp³-hybridized carbons (Fsp3) is 0.375. The molecule has 2 aromatic rings. The van der Waals surface area contributed by atoms with Crippen LogP contribution < -0.4 is 5.56 Å². The SMILES string of the molecule is Cc1ccoc1C(=O)N1CCCN(C(=O)c2c[nH]c(=O)cn2)CC1. The molecule has 1 saturated heterocycles. The van der Waals surface area contributed by atoms with Gasteiger partial charge >= 0.3 is 0 Å². The zero-order valence-corrected chi connectivity index (χ0v) is 13.3. The fourth-order valence-corrected chi connectivity index (χ4v) is 2.68. The molecule has 0 bridgehead atoms. The first-order valence-corrected chi connectivity index (χ1v) is 7.73. The van der Waals surface area contributed by atoms with Crippen molar-refractivity contribution in [2.45, 2.75) is 13.3 Å². The summed E-state index contributed by atoms with van der Waals surface area (Å²) in [7, 11) is 0. The highest BCUT2D eigenvalue weighted by molar-refractivity contribution is 5.93. The van der Waals surface area contributed by atoms with E-state index in [2.05, 4.69) is 9.97 Å². The molecule has 1 fully saturated rings. The van der Waals surface area contributed by atoms with E-state index in [4.69, 9.17) is 4.42 Å². The summed E-state index contributed by atoms with van der Waals surface area (Å²) >= 11 is 0. The number of hydrogen-bond donors (Lipinski definition) is 1. The van der Waals surface area contributed by atoms with Crippen molar-refractivity contribution in [3.63, 3.8) is 0 Å². The topological polar surface area (TPSA) is 99.5 Å². The van der Waals surface area contributed by atoms with Gasteiger partial charge in [0.1, 0.15) is 5.69 Å². The van der Waals surface area contributed by atoms with Gasteiger partial charge in [0.05, 0.1) is 12.5 Å². The van der Waals surface area contributed by atoms with Gasteiger partial charge in [-0.3, -0.25) is 14.4 Å². The third-order valence-electron chi connectivity index (χ3n) is 4.02. The number of amides is 2. The van der Waals surface area contributed by atoms with E-state index in [-0.39, 0.29) is 23.1 Å². The number of aromatic amines is 1. The lowest BCUT2D eigenvalue weighted by atomic mass is 10.2. The second-order valence-electron chi connectivity index (χ2n) is 5.67. The highest BCUT2D eigenvalue weighted by atomic mass is 16.3. The highest BCUT2D eigenvalue weighted by Crippen LogP contribution is 2.14. The molecular weight excluding hydrogens is 312 g/mol. The molecule has 0 spiro atoms. The van der Waals surface area contributed by atoms with Gasteiger partial charge in [-0.1, -0.05) is 0 Å². The molecule has 0 unspecified atom stereocenters. The van der Waals surface area contributed by atoms with E-state index in [1.807, 2.05) is 6.92 Å². The monoisotopic (exact) mass is 330 g/mol. The molecule has 8 heteroatoms. The van der Waals surface area contributed by atoms with Crippen LogP contribution in [0.3, 0.4) is 0 Å². The summed E-state index contributed by atoms with van der Waals surface area (Å²) in [5.74, 6) is -0.0687. The Morgan fingerprint density at radius 2 is 1.88 bits per heavy atom. The first kappa shape index (κ1) is 16.0. The summed E-state index contributed by atoms with van der Waals surface area (Å²) in [4.78, 5) is 45.6. The first-order valence-electron chi connectivity index (χ1n) is 7.73. The minimum atomic E-state index is -0.354. The van der Waals surface area contributed by atoms with Crippen LogP contribution in [0.25, 0.3) is 0 Å². The minimum absolute atomic E-state index is 0.158. The molecule has 1 aliphatic heterocycles. The predicted octanol–water partition coefficient (Wildman–Crippen LogP) is 0.660. The van der Waals surface area contributed by atoms with Crippen molar-refractivity contribution in [1.82, 2.24) is 19.8 Å². The van der Waals surface area contributed by atoms with Gasteiger partial charge in [0.25, 0.3) is 17.4 Å². The van der Waals surface area contributed by atoms with E-state index >= 15 is 0 Å². The molecule has 8 nitrogen and oxygen atoms in total. The van der Waals surface area contributed by atoms with Crippen LogP contribution in [-0.2, 0) is 0 Å². The minimum Gasteiger partial charge on any atom is -0.459 e. The van der Waals surface area contributed by atoms with E-state index in [9.17, 15) is 14.4 Å². The number of nitrogens with one attached hydrogen (secondary N) is 1. The Morgan fingerprint density at radius 3 is 2.46 bits per heavy atom. The smallest absolute Gasteiger partial charge is 0.289 e. The molecule has 0 saturated carbocycles. The van der Waals surface area contributed by atoms with Crippen LogP contribution in [0.15, 0.2) is 33.9 Å². The molecule has 2 amide bonds. The van der Waals surface area contributed by atoms with Crippen LogP contribution in [0.5, 0.6) is 0 Å². The van der Waals surface area contributed by atoms with E-state index < -0.39 is 0 Å². The van der Waals surface area contributed by atoms with Gasteiger partial charge in [-0.15, -0.1) is 0 Å². The number of furan rings is 1. The van der Waals surface area contributed by atoms with Crippen LogP contribution in [0.2, 0.25) is 0 Å². The Balaban J connectivity index is 1.68. The summed E-state index contributed by atoms with van der Waals surface area (Å²) in [5, 5.41) is 0. The Bertz CT molecular complexity index is 790. The van der Waals surface area contributed by atoms with Crippen molar-refractivity contribution in [3.8, 4) is 0 Å². The third-order valence-corrected chi connectivity index (χ3v) is 4.02. The maximum atomic E-state index is 12.5. The van der Waals surface area contributed by atoms with Crippen LogP contribution in [0, 0.1) is 6.92 Å². The van der Waals surface area contributed by atoms with Crippen LogP contribution in [-0.4, -0.2) is 57.8 Å². The van der Waals surface area contributed by atoms with Crippen molar-refractivity contribution < 1.29 is 14.0 Å². The van der Waals surface area contributed by atoms with Gasteiger partial charge in [-0.05, 0) is 19.4 Å². The highest BCUT2D eigenvalue weighted by Gasteiger charge is 2.26. The predicted molar refractivity (Wildman–Crippen MR) is 84.7 cm³/mol. The number of carbonyl (C=O) groups is 2. The zero-order valence-electron chi connectivity index (χ0n) is 13.3. The Labute approximate surface area is 138 Å². The van der Waals surface area contributed by atoms with E-state index in [0.717, 1.165) is 11.8 Å². The van der Waals surface area contributed by atoms with E-state index in [0.29, 0.717) is 38.4 Å². The lowest BCUT2D eigenvalue weighted by Crippen LogP contribution is -2.37. The summed E-state index contributed by atoms with van der Waals surface area (Å²) in [6.07, 6.45) is 4.56. The summed E-state index contributed by atoms with van der Waals surface area (Å²) < 4.78 is 5.26. The molecular formula is C16H18N4O4. The van der Waals surface area contributed by atoms with Crippen molar-refractivity contribution in [2.75, 3.05) is 26.2 Å². The van der Waals surface area contributed by atoms with Gasteiger partial charge in [-0.25, -0.2) is 4.98 Å². The third kappa shape index (κ3) is 3.22. The maximum Gasteiger partial charge on any atom is 0.289 e. The molecule has 0 radical (unpaired) electrons. The average molecular weight is 330 g/mol. The molecule has 3 heterocycles. The summed E-state index contributed by atoms with van der Waals surface area (Å²) in [6.45, 7) is 3.74. The van der Waals surface area contributed by atoms with Crippen molar-refractivity contribution in [3.05, 3.63) is 52.1 Å². The second kappa shape index (κ2) is 6.69. The molecule has 0 atom stereocenters. The zero-order chi connectivity index (χ0) is 17.1. The van der Waals surface area contributed by atoms with Gasteiger partial charge in [0.15, 0.2) is 5.76 Å². The first-order chi connectivity index (χ1) is 11.6. The molecule has 24 heavy (non-hydrogen) atoms. The molecule has 2 aromatic heterocycles. The quantitative estimate of drug-likeness (QED) is 0.872. The Hall–Kier alpha value is -2.90. The average Bonchev–Trinajstić information content (AvgIpc) is 2.86. The Kier molecular flexibility index (Phi) is 4.45. The number of H-pyrrole nitrogens is 1. The number of aromatic nitrogens is 2. The number of carbonyl (C=O) groups excluding carboxylic acids is 2. The van der Waals surface area contributed by atoms with Crippen LogP contribution in [0.1, 0.15) is 33.0 Å². The van der Waals surface area contributed by atoms with Crippen molar-refractivity contribution in [1.29, 1.82) is 0 Å².